The largest absolute Gasteiger partial charge is 0.417 e. The summed E-state index contributed by atoms with van der Waals surface area (Å²) in [5.74, 6) is -0.735. The zero-order valence-electron chi connectivity index (χ0n) is 20.1. The van der Waals surface area contributed by atoms with Crippen LogP contribution in [-0.4, -0.2) is 32.6 Å². The summed E-state index contributed by atoms with van der Waals surface area (Å²) >= 11 is 0. The monoisotopic (exact) mass is 499 g/mol. The number of carbonyl (C=O) groups excluding carboxylic acids is 2. The number of aryl methyl sites for hydroxylation is 2. The maximum Gasteiger partial charge on any atom is 0.417 e. The van der Waals surface area contributed by atoms with E-state index < -0.39 is 17.8 Å². The highest BCUT2D eigenvalue weighted by molar-refractivity contribution is 6.00. The molecule has 2 heterocycles. The summed E-state index contributed by atoms with van der Waals surface area (Å²) in [4.78, 5) is 30.2. The molecule has 2 amide bonds. The first kappa shape index (κ1) is 25.4. The molecule has 0 radical (unpaired) electrons. The quantitative estimate of drug-likeness (QED) is 0.467. The van der Waals surface area contributed by atoms with Crippen molar-refractivity contribution >= 4 is 17.5 Å². The van der Waals surface area contributed by atoms with Crippen molar-refractivity contribution in [3.63, 3.8) is 0 Å². The molecule has 1 aliphatic rings. The fourth-order valence-electron chi connectivity index (χ4n) is 4.79. The van der Waals surface area contributed by atoms with Gasteiger partial charge in [-0.05, 0) is 62.4 Å². The van der Waals surface area contributed by atoms with E-state index in [2.05, 4.69) is 20.7 Å². The third-order valence-electron chi connectivity index (χ3n) is 6.58. The third kappa shape index (κ3) is 5.42. The van der Waals surface area contributed by atoms with Gasteiger partial charge in [0.05, 0.1) is 5.56 Å². The van der Waals surface area contributed by atoms with Crippen molar-refractivity contribution in [3.8, 4) is 11.1 Å². The van der Waals surface area contributed by atoms with Crippen molar-refractivity contribution in [2.24, 2.45) is 5.92 Å². The van der Waals surface area contributed by atoms with Gasteiger partial charge in [0.2, 0.25) is 5.91 Å². The number of amides is 2. The summed E-state index contributed by atoms with van der Waals surface area (Å²) in [5, 5.41) is 9.82. The van der Waals surface area contributed by atoms with Crippen LogP contribution in [0.1, 0.15) is 54.4 Å². The number of benzene rings is 1. The molecule has 1 atom stereocenters. The number of anilines is 1. The van der Waals surface area contributed by atoms with E-state index in [0.717, 1.165) is 37.9 Å². The molecule has 4 rings (SSSR count). The van der Waals surface area contributed by atoms with Gasteiger partial charge in [0.25, 0.3) is 5.91 Å². The van der Waals surface area contributed by atoms with Crippen LogP contribution in [0.2, 0.25) is 0 Å². The minimum Gasteiger partial charge on any atom is -0.339 e. The van der Waals surface area contributed by atoms with E-state index in [4.69, 9.17) is 0 Å². The van der Waals surface area contributed by atoms with E-state index in [1.807, 2.05) is 6.92 Å². The molecule has 1 aromatic carbocycles. The second-order valence-electron chi connectivity index (χ2n) is 8.91. The fourth-order valence-corrected chi connectivity index (χ4v) is 4.79. The van der Waals surface area contributed by atoms with E-state index >= 15 is 0 Å². The zero-order valence-corrected chi connectivity index (χ0v) is 20.1. The van der Waals surface area contributed by atoms with Crippen LogP contribution in [0.25, 0.3) is 11.1 Å². The van der Waals surface area contributed by atoms with Crippen LogP contribution < -0.4 is 10.6 Å². The standard InChI is InChI=1S/C26H28F3N5O2/c1-3-34-21(13-15-31-34)24(35)33-23(18-6-4-5-7-18)25(36)32-19-10-8-17(9-11-19)22-16(2)30-14-12-20(22)26(27,28)29/h8-15,18,23H,3-7H2,1-2H3,(H,32,36)(H,33,35)/t23-/m0/s1. The lowest BCUT2D eigenvalue weighted by Crippen LogP contribution is -2.48. The molecule has 1 fully saturated rings. The van der Waals surface area contributed by atoms with Gasteiger partial charge in [-0.1, -0.05) is 25.0 Å². The minimum absolute atomic E-state index is 0.00129. The first-order valence-corrected chi connectivity index (χ1v) is 12.0. The van der Waals surface area contributed by atoms with E-state index in [-0.39, 0.29) is 29.0 Å². The lowest BCUT2D eigenvalue weighted by atomic mass is 9.96. The Balaban J connectivity index is 1.53. The third-order valence-corrected chi connectivity index (χ3v) is 6.58. The Labute approximate surface area is 207 Å². The average Bonchev–Trinajstić information content (AvgIpc) is 3.54. The average molecular weight is 500 g/mol. The predicted molar refractivity (Wildman–Crippen MR) is 129 cm³/mol. The molecule has 0 saturated heterocycles. The van der Waals surface area contributed by atoms with Gasteiger partial charge in [0, 0.05) is 35.9 Å². The van der Waals surface area contributed by atoms with Gasteiger partial charge < -0.3 is 10.6 Å². The molecule has 7 nitrogen and oxygen atoms in total. The molecule has 10 heteroatoms. The molecule has 2 N–H and O–H groups in total. The number of hydrogen-bond donors (Lipinski definition) is 2. The van der Waals surface area contributed by atoms with E-state index in [1.54, 1.807) is 29.1 Å². The van der Waals surface area contributed by atoms with Gasteiger partial charge in [-0.2, -0.15) is 18.3 Å². The van der Waals surface area contributed by atoms with Gasteiger partial charge in [-0.15, -0.1) is 0 Å². The molecule has 0 bridgehead atoms. The number of nitrogens with zero attached hydrogens (tertiary/aromatic N) is 3. The topological polar surface area (TPSA) is 88.9 Å². The lowest BCUT2D eigenvalue weighted by Gasteiger charge is -2.24. The maximum atomic E-state index is 13.5. The zero-order chi connectivity index (χ0) is 25.9. The Morgan fingerprint density at radius 3 is 2.42 bits per heavy atom. The van der Waals surface area contributed by atoms with Gasteiger partial charge in [-0.25, -0.2) is 0 Å². The van der Waals surface area contributed by atoms with Crippen molar-refractivity contribution in [2.75, 3.05) is 5.32 Å². The Hall–Kier alpha value is -3.69. The van der Waals surface area contributed by atoms with Crippen LogP contribution in [0, 0.1) is 12.8 Å². The molecule has 3 aromatic rings. The maximum absolute atomic E-state index is 13.5. The van der Waals surface area contributed by atoms with Crippen molar-refractivity contribution < 1.29 is 22.8 Å². The molecule has 190 valence electrons. The first-order valence-electron chi connectivity index (χ1n) is 12.0. The minimum atomic E-state index is -4.52. The predicted octanol–water partition coefficient (Wildman–Crippen LogP) is 5.22. The van der Waals surface area contributed by atoms with Gasteiger partial charge in [0.1, 0.15) is 11.7 Å². The molecule has 0 spiro atoms. The summed E-state index contributed by atoms with van der Waals surface area (Å²) in [6.07, 6.45) is 1.78. The van der Waals surface area contributed by atoms with Gasteiger partial charge in [-0.3, -0.25) is 19.3 Å². The summed E-state index contributed by atoms with van der Waals surface area (Å²) in [5.41, 5.74) is 0.657. The molecule has 0 unspecified atom stereocenters. The fraction of sp³-hybridized carbons (Fsp3) is 0.385. The van der Waals surface area contributed by atoms with E-state index in [9.17, 15) is 22.8 Å². The van der Waals surface area contributed by atoms with Crippen LogP contribution >= 0.6 is 0 Å². The number of rotatable bonds is 7. The molecule has 0 aliphatic heterocycles. The molecule has 1 saturated carbocycles. The molecule has 36 heavy (non-hydrogen) atoms. The van der Waals surface area contributed by atoms with Gasteiger partial charge in [0.15, 0.2) is 0 Å². The number of alkyl halides is 3. The van der Waals surface area contributed by atoms with Crippen LogP contribution in [0.3, 0.4) is 0 Å². The number of aromatic nitrogens is 3. The summed E-state index contributed by atoms with van der Waals surface area (Å²) in [6, 6.07) is 7.99. The van der Waals surface area contributed by atoms with Crippen molar-refractivity contribution in [3.05, 3.63) is 65.7 Å². The molecular formula is C26H28F3N5O2. The Bertz CT molecular complexity index is 1230. The van der Waals surface area contributed by atoms with E-state index in [1.165, 1.54) is 19.1 Å². The molecule has 1 aliphatic carbocycles. The molecular weight excluding hydrogens is 471 g/mol. The van der Waals surface area contributed by atoms with Crippen molar-refractivity contribution in [2.45, 2.75) is 58.3 Å². The summed E-state index contributed by atoms with van der Waals surface area (Å²) < 4.78 is 42.2. The van der Waals surface area contributed by atoms with Crippen LogP contribution in [0.4, 0.5) is 18.9 Å². The molecule has 2 aromatic heterocycles. The SMILES string of the molecule is CCn1nccc1C(=O)N[C@H](C(=O)Nc1ccc(-c2c(C(F)(F)F)ccnc2C)cc1)C1CCCC1. The van der Waals surface area contributed by atoms with Crippen molar-refractivity contribution in [1.29, 1.82) is 0 Å². The summed E-state index contributed by atoms with van der Waals surface area (Å²) in [7, 11) is 0. The number of pyridine rings is 1. The van der Waals surface area contributed by atoms with Crippen molar-refractivity contribution in [1.82, 2.24) is 20.1 Å². The van der Waals surface area contributed by atoms with Crippen LogP contribution in [0.15, 0.2) is 48.8 Å². The highest BCUT2D eigenvalue weighted by Crippen LogP contribution is 2.38. The normalized spacial score (nSPS) is 15.0. The highest BCUT2D eigenvalue weighted by Gasteiger charge is 2.35. The van der Waals surface area contributed by atoms with Gasteiger partial charge >= 0.3 is 6.18 Å². The van der Waals surface area contributed by atoms with Crippen LogP contribution in [-0.2, 0) is 17.5 Å². The second-order valence-corrected chi connectivity index (χ2v) is 8.91. The highest BCUT2D eigenvalue weighted by atomic mass is 19.4. The lowest BCUT2D eigenvalue weighted by molar-refractivity contribution is -0.137. The Morgan fingerprint density at radius 2 is 1.78 bits per heavy atom. The Kier molecular flexibility index (Phi) is 7.42. The number of hydrogen-bond acceptors (Lipinski definition) is 4. The van der Waals surface area contributed by atoms with Crippen LogP contribution in [0.5, 0.6) is 0 Å². The number of nitrogens with one attached hydrogen (secondary N) is 2. The smallest absolute Gasteiger partial charge is 0.339 e. The Morgan fingerprint density at radius 1 is 1.08 bits per heavy atom. The first-order chi connectivity index (χ1) is 17.2. The van der Waals surface area contributed by atoms with E-state index in [0.29, 0.717) is 23.5 Å². The second kappa shape index (κ2) is 10.5. The number of carbonyl (C=O) groups is 2. The number of halogens is 3. The summed E-state index contributed by atoms with van der Waals surface area (Å²) in [6.45, 7) is 3.92.